The number of H-pyrrole nitrogens is 1. The molecule has 0 bridgehead atoms. The molecular weight excluding hydrogens is 360 g/mol. The number of aromatic amines is 1. The molecule has 2 unspecified atom stereocenters. The highest BCUT2D eigenvalue weighted by Gasteiger charge is 2.44. The maximum atomic E-state index is 12.5. The van der Waals surface area contributed by atoms with Gasteiger partial charge in [-0.05, 0) is 35.9 Å². The Balaban J connectivity index is 1.23. The largest absolute Gasteiger partial charge is 0.356 e. The van der Waals surface area contributed by atoms with E-state index in [-0.39, 0.29) is 12.0 Å². The number of likely N-dealkylation sites (tertiary alicyclic amines) is 1. The lowest BCUT2D eigenvalue weighted by atomic mass is 10.0. The summed E-state index contributed by atoms with van der Waals surface area (Å²) in [6.07, 6.45) is 5.58. The van der Waals surface area contributed by atoms with Crippen LogP contribution in [0.25, 0.3) is 11.0 Å². The average Bonchev–Trinajstić information content (AvgIpc) is 3.43. The van der Waals surface area contributed by atoms with Gasteiger partial charge in [-0.2, -0.15) is 4.98 Å². The Kier molecular flexibility index (Phi) is 3.92. The molecule has 2 aliphatic rings. The van der Waals surface area contributed by atoms with E-state index in [4.69, 9.17) is 4.52 Å². The fourth-order valence-electron chi connectivity index (χ4n) is 4.59. The Morgan fingerprint density at radius 3 is 2.82 bits per heavy atom. The zero-order valence-corrected chi connectivity index (χ0v) is 15.8. The number of nitrogens with zero attached hydrogens (tertiary/aromatic N) is 6. The van der Waals surface area contributed by atoms with Crippen molar-refractivity contribution in [3.8, 4) is 0 Å². The van der Waals surface area contributed by atoms with Crippen LogP contribution in [0.5, 0.6) is 0 Å². The van der Waals surface area contributed by atoms with E-state index in [0.717, 1.165) is 42.8 Å². The van der Waals surface area contributed by atoms with Gasteiger partial charge in [0.1, 0.15) is 17.8 Å². The third-order valence-electron chi connectivity index (χ3n) is 5.97. The molecule has 1 saturated heterocycles. The lowest BCUT2D eigenvalue weighted by molar-refractivity contribution is 0.218. The Morgan fingerprint density at radius 1 is 1.32 bits per heavy atom. The molecule has 0 spiro atoms. The highest BCUT2D eigenvalue weighted by molar-refractivity contribution is 5.88. The van der Waals surface area contributed by atoms with Crippen LogP contribution in [0.15, 0.2) is 23.1 Å². The number of urea groups is 1. The van der Waals surface area contributed by atoms with Crippen LogP contribution >= 0.6 is 0 Å². The normalized spacial score (nSPS) is 23.9. The molecule has 146 valence electrons. The molecular formula is C18H22N8O2. The van der Waals surface area contributed by atoms with E-state index in [1.54, 1.807) is 13.3 Å². The highest BCUT2D eigenvalue weighted by Crippen LogP contribution is 2.41. The molecule has 2 N–H and O–H groups in total. The van der Waals surface area contributed by atoms with Gasteiger partial charge in [0.25, 0.3) is 5.95 Å². The minimum Gasteiger partial charge on any atom is -0.356 e. The second-order valence-electron chi connectivity index (χ2n) is 7.67. The van der Waals surface area contributed by atoms with Gasteiger partial charge in [0.2, 0.25) is 5.89 Å². The number of fused-ring (bicyclic) bond motifs is 2. The van der Waals surface area contributed by atoms with Gasteiger partial charge >= 0.3 is 6.03 Å². The fraction of sp³-hybridized carbons (Fsp3) is 0.500. The van der Waals surface area contributed by atoms with Crippen molar-refractivity contribution in [1.82, 2.24) is 30.0 Å². The van der Waals surface area contributed by atoms with Gasteiger partial charge in [-0.25, -0.2) is 14.8 Å². The van der Waals surface area contributed by atoms with Crippen molar-refractivity contribution in [3.05, 3.63) is 24.5 Å². The van der Waals surface area contributed by atoms with Crippen molar-refractivity contribution in [2.75, 3.05) is 30.4 Å². The summed E-state index contributed by atoms with van der Waals surface area (Å²) in [6.45, 7) is 3.19. The predicted octanol–water partition coefficient (Wildman–Crippen LogP) is 2.03. The number of hydrogen-bond donors (Lipinski definition) is 2. The first kappa shape index (κ1) is 17.0. The average molecular weight is 382 g/mol. The summed E-state index contributed by atoms with van der Waals surface area (Å²) in [5, 5.41) is 7.47. The van der Waals surface area contributed by atoms with Crippen molar-refractivity contribution >= 4 is 28.8 Å². The maximum absolute atomic E-state index is 12.5. The van der Waals surface area contributed by atoms with Crippen LogP contribution in [0, 0.1) is 18.8 Å². The van der Waals surface area contributed by atoms with Gasteiger partial charge in [-0.3, -0.25) is 5.32 Å². The summed E-state index contributed by atoms with van der Waals surface area (Å²) in [6, 6.07) is 2.26. The molecule has 2 atom stereocenters. The highest BCUT2D eigenvalue weighted by atomic mass is 16.5. The molecule has 3 aromatic rings. The number of anilines is 2. The Hall–Kier alpha value is -3.17. The van der Waals surface area contributed by atoms with Crippen LogP contribution in [0.3, 0.4) is 0 Å². The van der Waals surface area contributed by atoms with Crippen molar-refractivity contribution < 1.29 is 9.32 Å². The number of nitrogens with one attached hydrogen (secondary N) is 2. The zero-order valence-electron chi connectivity index (χ0n) is 15.8. The SMILES string of the molecule is Cc1nc(NC(=O)N2CC3CC(N(C)c4ncnc5[nH]ccc45)CC3C2)no1. The number of amides is 2. The molecule has 10 nitrogen and oxygen atoms in total. The van der Waals surface area contributed by atoms with E-state index in [1.807, 2.05) is 17.2 Å². The second kappa shape index (κ2) is 6.47. The monoisotopic (exact) mass is 382 g/mol. The topological polar surface area (TPSA) is 116 Å². The summed E-state index contributed by atoms with van der Waals surface area (Å²) in [5.74, 6) is 2.60. The molecule has 1 aliphatic carbocycles. The maximum Gasteiger partial charge on any atom is 0.324 e. The van der Waals surface area contributed by atoms with Crippen LogP contribution in [0.1, 0.15) is 18.7 Å². The van der Waals surface area contributed by atoms with Crippen LogP contribution < -0.4 is 10.2 Å². The fourth-order valence-corrected chi connectivity index (χ4v) is 4.59. The van der Waals surface area contributed by atoms with Crippen LogP contribution in [0.4, 0.5) is 16.6 Å². The Labute approximate surface area is 161 Å². The molecule has 5 rings (SSSR count). The first-order valence-electron chi connectivity index (χ1n) is 9.45. The van der Waals surface area contributed by atoms with E-state index < -0.39 is 0 Å². The Morgan fingerprint density at radius 2 is 2.11 bits per heavy atom. The molecule has 28 heavy (non-hydrogen) atoms. The summed E-state index contributed by atoms with van der Waals surface area (Å²) in [4.78, 5) is 32.5. The lowest BCUT2D eigenvalue weighted by Gasteiger charge is -2.27. The van der Waals surface area contributed by atoms with E-state index >= 15 is 0 Å². The van der Waals surface area contributed by atoms with Crippen molar-refractivity contribution in [2.24, 2.45) is 11.8 Å². The van der Waals surface area contributed by atoms with Gasteiger partial charge < -0.3 is 19.3 Å². The van der Waals surface area contributed by atoms with E-state index in [9.17, 15) is 4.79 Å². The van der Waals surface area contributed by atoms with Crippen LogP contribution in [0.2, 0.25) is 0 Å². The van der Waals surface area contributed by atoms with Gasteiger partial charge in [0.15, 0.2) is 0 Å². The van der Waals surface area contributed by atoms with Gasteiger partial charge in [0, 0.05) is 39.3 Å². The third-order valence-corrected chi connectivity index (χ3v) is 5.97. The van der Waals surface area contributed by atoms with E-state index in [2.05, 4.69) is 42.4 Å². The minimum atomic E-state index is -0.162. The summed E-state index contributed by atoms with van der Waals surface area (Å²) < 4.78 is 4.90. The van der Waals surface area contributed by atoms with Gasteiger partial charge in [-0.1, -0.05) is 0 Å². The molecule has 1 aliphatic heterocycles. The smallest absolute Gasteiger partial charge is 0.324 e. The number of carbonyl (C=O) groups excluding carboxylic acids is 1. The third kappa shape index (κ3) is 2.85. The number of aryl methyl sites for hydroxylation is 1. The van der Waals surface area contributed by atoms with Gasteiger partial charge in [0.05, 0.1) is 5.39 Å². The van der Waals surface area contributed by atoms with Gasteiger partial charge in [-0.15, -0.1) is 0 Å². The molecule has 0 aromatic carbocycles. The van der Waals surface area contributed by atoms with E-state index in [1.165, 1.54) is 0 Å². The molecule has 2 amide bonds. The Bertz CT molecular complexity index is 1000. The summed E-state index contributed by atoms with van der Waals surface area (Å²) >= 11 is 0. The van der Waals surface area contributed by atoms with E-state index in [0.29, 0.717) is 23.8 Å². The van der Waals surface area contributed by atoms with Crippen molar-refractivity contribution in [3.63, 3.8) is 0 Å². The molecule has 3 aromatic heterocycles. The number of hydrogen-bond acceptors (Lipinski definition) is 7. The quantitative estimate of drug-likeness (QED) is 0.712. The number of aromatic nitrogens is 5. The van der Waals surface area contributed by atoms with Crippen molar-refractivity contribution in [1.29, 1.82) is 0 Å². The summed E-state index contributed by atoms with van der Waals surface area (Å²) in [7, 11) is 2.10. The zero-order chi connectivity index (χ0) is 19.3. The minimum absolute atomic E-state index is 0.162. The number of carbonyl (C=O) groups is 1. The number of rotatable bonds is 3. The first-order valence-corrected chi connectivity index (χ1v) is 9.45. The second-order valence-corrected chi connectivity index (χ2v) is 7.67. The molecule has 1 saturated carbocycles. The predicted molar refractivity (Wildman–Crippen MR) is 102 cm³/mol. The lowest BCUT2D eigenvalue weighted by Crippen LogP contribution is -2.36. The molecule has 0 radical (unpaired) electrons. The first-order chi connectivity index (χ1) is 13.6. The standard InChI is InChI=1S/C18H22N8O2/c1-10-22-17(24-28-10)23-18(27)26-7-11-5-13(6-12(11)8-26)25(2)16-14-3-4-19-15(14)20-9-21-16/h3-4,9,11-13H,5-8H2,1-2H3,(H,19,20,21)(H,23,24,27). The molecule has 10 heteroatoms. The van der Waals surface area contributed by atoms with Crippen molar-refractivity contribution in [2.45, 2.75) is 25.8 Å². The summed E-state index contributed by atoms with van der Waals surface area (Å²) in [5.41, 5.74) is 0.856. The molecule has 2 fully saturated rings. The van der Waals surface area contributed by atoms with Crippen LogP contribution in [-0.4, -0.2) is 62.2 Å². The molecule has 4 heterocycles. The van der Waals surface area contributed by atoms with Crippen LogP contribution in [-0.2, 0) is 0 Å².